The molecule has 4 heteroatoms. The first-order valence-corrected chi connectivity index (χ1v) is 8.59. The van der Waals surface area contributed by atoms with Crippen LogP contribution in [-0.4, -0.2) is 11.1 Å². The highest BCUT2D eigenvalue weighted by atomic mass is 16.5. The van der Waals surface area contributed by atoms with E-state index in [9.17, 15) is 4.79 Å². The Bertz CT molecular complexity index is 902. The average molecular weight is 360 g/mol. The van der Waals surface area contributed by atoms with Crippen LogP contribution in [0.5, 0.6) is 11.5 Å². The summed E-state index contributed by atoms with van der Waals surface area (Å²) in [4.78, 5) is 10.8. The van der Waals surface area contributed by atoms with Crippen molar-refractivity contribution in [3.63, 3.8) is 0 Å². The maximum atomic E-state index is 10.8. The van der Waals surface area contributed by atoms with Gasteiger partial charge in [-0.15, -0.1) is 0 Å². The Morgan fingerprint density at radius 1 is 0.778 bits per heavy atom. The van der Waals surface area contributed by atoms with Crippen molar-refractivity contribution in [3.8, 4) is 11.5 Å². The first-order chi connectivity index (χ1) is 13.2. The summed E-state index contributed by atoms with van der Waals surface area (Å²) in [6.45, 7) is 0.821. The molecule has 0 saturated heterocycles. The van der Waals surface area contributed by atoms with Gasteiger partial charge in [-0.05, 0) is 34.9 Å². The Hall–Kier alpha value is -3.53. The van der Waals surface area contributed by atoms with E-state index in [1.54, 1.807) is 18.2 Å². The second-order valence-electron chi connectivity index (χ2n) is 5.93. The van der Waals surface area contributed by atoms with E-state index in [-0.39, 0.29) is 0 Å². The van der Waals surface area contributed by atoms with Gasteiger partial charge in [-0.3, -0.25) is 0 Å². The third kappa shape index (κ3) is 5.75. The Morgan fingerprint density at radius 3 is 1.89 bits per heavy atom. The lowest BCUT2D eigenvalue weighted by Gasteiger charge is -2.14. The summed E-state index contributed by atoms with van der Waals surface area (Å²) in [5.74, 6) is 0.191. The lowest BCUT2D eigenvalue weighted by atomic mass is 10.2. The molecule has 0 heterocycles. The normalized spacial score (nSPS) is 10.7. The molecule has 0 fully saturated rings. The van der Waals surface area contributed by atoms with E-state index in [0.29, 0.717) is 24.7 Å². The zero-order chi connectivity index (χ0) is 18.9. The van der Waals surface area contributed by atoms with E-state index in [4.69, 9.17) is 14.6 Å². The predicted octanol–water partition coefficient (Wildman–Crippen LogP) is 4.94. The first kappa shape index (κ1) is 18.3. The molecule has 3 aromatic rings. The molecule has 1 N–H and O–H groups in total. The molecule has 0 aliphatic rings. The van der Waals surface area contributed by atoms with Gasteiger partial charge in [0, 0.05) is 6.08 Å². The van der Waals surface area contributed by atoms with E-state index in [1.807, 2.05) is 60.7 Å². The van der Waals surface area contributed by atoms with Gasteiger partial charge in [0.05, 0.1) is 0 Å². The molecule has 3 aromatic carbocycles. The van der Waals surface area contributed by atoms with Gasteiger partial charge >= 0.3 is 5.97 Å². The molecule has 0 unspecified atom stereocenters. The summed E-state index contributed by atoms with van der Waals surface area (Å²) in [6.07, 6.45) is 2.62. The number of benzene rings is 3. The summed E-state index contributed by atoms with van der Waals surface area (Å²) >= 11 is 0. The number of hydrogen-bond donors (Lipinski definition) is 1. The van der Waals surface area contributed by atoms with Gasteiger partial charge in [0.15, 0.2) is 11.5 Å². The van der Waals surface area contributed by atoms with Crippen LogP contribution >= 0.6 is 0 Å². The monoisotopic (exact) mass is 360 g/mol. The van der Waals surface area contributed by atoms with Crippen molar-refractivity contribution in [2.24, 2.45) is 0 Å². The third-order valence-electron chi connectivity index (χ3n) is 3.86. The molecular formula is C23H20O4. The summed E-state index contributed by atoms with van der Waals surface area (Å²) in [5, 5.41) is 8.82. The van der Waals surface area contributed by atoms with E-state index in [2.05, 4.69) is 0 Å². The van der Waals surface area contributed by atoms with Crippen LogP contribution in [0.1, 0.15) is 16.7 Å². The van der Waals surface area contributed by atoms with Crippen molar-refractivity contribution >= 4 is 12.0 Å². The Morgan fingerprint density at radius 2 is 1.33 bits per heavy atom. The van der Waals surface area contributed by atoms with Crippen LogP contribution in [0.25, 0.3) is 6.08 Å². The molecule has 0 aliphatic heterocycles. The summed E-state index contributed by atoms with van der Waals surface area (Å²) < 4.78 is 11.9. The summed E-state index contributed by atoms with van der Waals surface area (Å²) in [6, 6.07) is 25.1. The minimum atomic E-state index is -0.994. The van der Waals surface area contributed by atoms with E-state index >= 15 is 0 Å². The molecular weight excluding hydrogens is 340 g/mol. The van der Waals surface area contributed by atoms with Gasteiger partial charge < -0.3 is 14.6 Å². The Kier molecular flexibility index (Phi) is 6.26. The second-order valence-corrected chi connectivity index (χ2v) is 5.93. The molecule has 3 rings (SSSR count). The Balaban J connectivity index is 1.78. The van der Waals surface area contributed by atoms with Gasteiger partial charge in [0.2, 0.25) is 0 Å². The Labute approximate surface area is 158 Å². The van der Waals surface area contributed by atoms with E-state index in [1.165, 1.54) is 6.08 Å². The molecule has 0 aliphatic carbocycles. The number of rotatable bonds is 8. The van der Waals surface area contributed by atoms with Crippen molar-refractivity contribution in [3.05, 3.63) is 102 Å². The molecule has 0 amide bonds. The van der Waals surface area contributed by atoms with Crippen LogP contribution in [0.4, 0.5) is 0 Å². The van der Waals surface area contributed by atoms with Crippen molar-refractivity contribution in [1.82, 2.24) is 0 Å². The highest BCUT2D eigenvalue weighted by molar-refractivity contribution is 5.85. The molecule has 136 valence electrons. The minimum absolute atomic E-state index is 0.397. The molecule has 0 aromatic heterocycles. The maximum absolute atomic E-state index is 10.8. The van der Waals surface area contributed by atoms with Gasteiger partial charge in [0.25, 0.3) is 0 Å². The van der Waals surface area contributed by atoms with Crippen molar-refractivity contribution in [2.45, 2.75) is 13.2 Å². The van der Waals surface area contributed by atoms with Crippen LogP contribution < -0.4 is 9.47 Å². The lowest BCUT2D eigenvalue weighted by molar-refractivity contribution is -0.131. The van der Waals surface area contributed by atoms with Crippen molar-refractivity contribution in [1.29, 1.82) is 0 Å². The summed E-state index contributed by atoms with van der Waals surface area (Å²) in [7, 11) is 0. The molecule has 0 radical (unpaired) electrons. The fourth-order valence-corrected chi connectivity index (χ4v) is 2.50. The van der Waals surface area contributed by atoms with Crippen molar-refractivity contribution < 1.29 is 19.4 Å². The van der Waals surface area contributed by atoms with Crippen LogP contribution in [0.2, 0.25) is 0 Å². The predicted molar refractivity (Wildman–Crippen MR) is 105 cm³/mol. The van der Waals surface area contributed by atoms with Crippen LogP contribution in [-0.2, 0) is 18.0 Å². The second kappa shape index (κ2) is 9.25. The molecule has 4 nitrogen and oxygen atoms in total. The standard InChI is InChI=1S/C23H20O4/c24-23(25)14-12-18-11-13-21(26-16-19-7-3-1-4-8-19)22(15-18)27-17-20-9-5-2-6-10-20/h1-15H,16-17H2,(H,24,25)/b14-12+. The minimum Gasteiger partial charge on any atom is -0.485 e. The number of ether oxygens (including phenoxy) is 2. The topological polar surface area (TPSA) is 55.8 Å². The smallest absolute Gasteiger partial charge is 0.328 e. The first-order valence-electron chi connectivity index (χ1n) is 8.59. The van der Waals surface area contributed by atoms with E-state index in [0.717, 1.165) is 22.8 Å². The fourth-order valence-electron chi connectivity index (χ4n) is 2.50. The fraction of sp³-hybridized carbons (Fsp3) is 0.0870. The molecule has 0 atom stereocenters. The van der Waals surface area contributed by atoms with Gasteiger partial charge in [0.1, 0.15) is 13.2 Å². The zero-order valence-corrected chi connectivity index (χ0v) is 14.7. The molecule has 0 bridgehead atoms. The van der Waals surface area contributed by atoms with Crippen LogP contribution in [0.15, 0.2) is 84.9 Å². The molecule has 0 saturated carbocycles. The number of carbonyl (C=O) groups is 1. The third-order valence-corrected chi connectivity index (χ3v) is 3.86. The van der Waals surface area contributed by atoms with Gasteiger partial charge in [-0.2, -0.15) is 0 Å². The quantitative estimate of drug-likeness (QED) is 0.578. The number of carboxylic acid groups (broad SMARTS) is 1. The van der Waals surface area contributed by atoms with Crippen LogP contribution in [0, 0.1) is 0 Å². The van der Waals surface area contributed by atoms with Crippen molar-refractivity contribution in [2.75, 3.05) is 0 Å². The number of aliphatic carboxylic acids is 1. The van der Waals surface area contributed by atoms with E-state index < -0.39 is 5.97 Å². The maximum Gasteiger partial charge on any atom is 0.328 e. The molecule has 27 heavy (non-hydrogen) atoms. The average Bonchev–Trinajstić information content (AvgIpc) is 2.71. The highest BCUT2D eigenvalue weighted by Crippen LogP contribution is 2.30. The summed E-state index contributed by atoms with van der Waals surface area (Å²) in [5.41, 5.74) is 2.83. The van der Waals surface area contributed by atoms with Gasteiger partial charge in [-0.1, -0.05) is 66.7 Å². The number of hydrogen-bond acceptors (Lipinski definition) is 3. The SMILES string of the molecule is O=C(O)/C=C/c1ccc(OCc2ccccc2)c(OCc2ccccc2)c1. The van der Waals surface area contributed by atoms with Crippen LogP contribution in [0.3, 0.4) is 0 Å². The highest BCUT2D eigenvalue weighted by Gasteiger charge is 2.08. The lowest BCUT2D eigenvalue weighted by Crippen LogP contribution is -2.01. The zero-order valence-electron chi connectivity index (χ0n) is 14.7. The number of carboxylic acids is 1. The van der Waals surface area contributed by atoms with Gasteiger partial charge in [-0.25, -0.2) is 4.79 Å². The largest absolute Gasteiger partial charge is 0.485 e. The molecule has 0 spiro atoms.